The van der Waals surface area contributed by atoms with Crippen molar-refractivity contribution in [2.24, 2.45) is 5.92 Å². The minimum atomic E-state index is -4.58. The zero-order chi connectivity index (χ0) is 37.3. The van der Waals surface area contributed by atoms with E-state index in [1.54, 1.807) is 47.6 Å². The number of furan rings is 1. The molecule has 5 rings (SSSR count). The van der Waals surface area contributed by atoms with Crippen LogP contribution in [0, 0.1) is 5.92 Å². The molecule has 1 unspecified atom stereocenters. The van der Waals surface area contributed by atoms with Crippen LogP contribution in [0.2, 0.25) is 0 Å². The lowest BCUT2D eigenvalue weighted by molar-refractivity contribution is -0.177. The van der Waals surface area contributed by atoms with Crippen LogP contribution in [0.3, 0.4) is 0 Å². The Hall–Kier alpha value is -4.67. The Balaban J connectivity index is 1.44. The Morgan fingerprint density at radius 1 is 0.980 bits per heavy atom. The second kappa shape index (κ2) is 14.5. The maximum absolute atomic E-state index is 14.1. The quantitative estimate of drug-likeness (QED) is 0.226. The van der Waals surface area contributed by atoms with Crippen LogP contribution in [0.5, 0.6) is 0 Å². The number of hydrogen-bond donors (Lipinski definition) is 3. The number of alkyl carbamates (subject to hydrolysis) is 1. The SMILES string of the molecule is CC(C)(C)OC(=O)Nc1oc2cc(CN3CC[C@@H](F)C3)cnc2c1C(=O)Nc1cnccc1N1CC(NC(=O)OC(C)(C)C)C[C@@H](C(F)(F)F)C1. The molecular weight excluding hydrogens is 678 g/mol. The summed E-state index contributed by atoms with van der Waals surface area (Å²) >= 11 is 0. The number of likely N-dealkylation sites (tertiary alicyclic amines) is 1. The number of amides is 3. The van der Waals surface area contributed by atoms with Crippen molar-refractivity contribution in [3.8, 4) is 0 Å². The fourth-order valence-electron chi connectivity index (χ4n) is 6.04. The van der Waals surface area contributed by atoms with Gasteiger partial charge in [-0.3, -0.25) is 25.0 Å². The van der Waals surface area contributed by atoms with E-state index in [2.05, 4.69) is 25.9 Å². The van der Waals surface area contributed by atoms with Gasteiger partial charge in [0, 0.05) is 45.1 Å². The lowest BCUT2D eigenvalue weighted by Crippen LogP contribution is -2.54. The molecule has 0 aliphatic carbocycles. The monoisotopic (exact) mass is 721 g/mol. The van der Waals surface area contributed by atoms with E-state index in [1.807, 2.05) is 4.90 Å². The Bertz CT molecular complexity index is 1750. The van der Waals surface area contributed by atoms with Crippen molar-refractivity contribution in [2.75, 3.05) is 41.7 Å². The highest BCUT2D eigenvalue weighted by Crippen LogP contribution is 2.38. The molecule has 51 heavy (non-hydrogen) atoms. The number of nitrogens with one attached hydrogen (secondary N) is 3. The predicted octanol–water partition coefficient (Wildman–Crippen LogP) is 6.65. The number of halogens is 4. The Morgan fingerprint density at radius 3 is 2.33 bits per heavy atom. The fourth-order valence-corrected chi connectivity index (χ4v) is 6.04. The molecule has 0 aromatic carbocycles. The van der Waals surface area contributed by atoms with Gasteiger partial charge in [-0.1, -0.05) is 0 Å². The van der Waals surface area contributed by atoms with Crippen molar-refractivity contribution in [2.45, 2.75) is 90.5 Å². The van der Waals surface area contributed by atoms with Crippen molar-refractivity contribution >= 4 is 46.5 Å². The van der Waals surface area contributed by atoms with E-state index in [1.165, 1.54) is 29.6 Å². The summed E-state index contributed by atoms with van der Waals surface area (Å²) in [5.41, 5.74) is -0.691. The largest absolute Gasteiger partial charge is 0.444 e. The molecule has 2 saturated heterocycles. The summed E-state index contributed by atoms with van der Waals surface area (Å²) in [5, 5.41) is 7.73. The van der Waals surface area contributed by atoms with Crippen molar-refractivity contribution in [1.82, 2.24) is 20.2 Å². The number of anilines is 3. The molecule has 3 aromatic rings. The molecule has 2 aliphatic rings. The van der Waals surface area contributed by atoms with Crippen LogP contribution < -0.4 is 20.9 Å². The third kappa shape index (κ3) is 9.98. The van der Waals surface area contributed by atoms with Crippen LogP contribution in [0.25, 0.3) is 11.1 Å². The van der Waals surface area contributed by atoms with Gasteiger partial charge in [0.1, 0.15) is 28.5 Å². The first kappa shape index (κ1) is 37.6. The molecular formula is C34H43F4N7O6. The van der Waals surface area contributed by atoms with E-state index in [4.69, 9.17) is 13.9 Å². The number of ether oxygens (including phenoxy) is 2. The summed E-state index contributed by atoms with van der Waals surface area (Å²) in [4.78, 5) is 51.2. The summed E-state index contributed by atoms with van der Waals surface area (Å²) in [6.07, 6.45) is -3.01. The number of alkyl halides is 4. The van der Waals surface area contributed by atoms with Gasteiger partial charge in [-0.15, -0.1) is 0 Å². The first-order chi connectivity index (χ1) is 23.7. The topological polar surface area (TPSA) is 151 Å². The number of pyridine rings is 2. The molecule has 3 aromatic heterocycles. The molecule has 2 fully saturated rings. The summed E-state index contributed by atoms with van der Waals surface area (Å²) in [6, 6.07) is 2.16. The molecule has 0 saturated carbocycles. The molecule has 17 heteroatoms. The van der Waals surface area contributed by atoms with E-state index < -0.39 is 60.1 Å². The standard InChI is InChI=1S/C34H43F4N7O6/c1-32(2,3)50-30(47)41-22-12-20(34(36,37)38)16-45(18-22)24-7-9-39-14-23(24)42-28(46)26-27-25(49-29(26)43-31(48)51-33(4,5)6)11-19(13-40-27)15-44-10-8-21(35)17-44/h7,9,11,13-14,20-22H,8,10,12,15-18H2,1-6H3,(H,41,47)(H,42,46)(H,43,48)/t20-,21-,22?/m1/s1. The minimum Gasteiger partial charge on any atom is -0.444 e. The van der Waals surface area contributed by atoms with Gasteiger partial charge >= 0.3 is 18.4 Å². The van der Waals surface area contributed by atoms with E-state index in [-0.39, 0.29) is 53.4 Å². The molecule has 3 N–H and O–H groups in total. The number of fused-ring (bicyclic) bond motifs is 1. The fraction of sp³-hybridized carbons (Fsp3) is 0.559. The Morgan fingerprint density at radius 2 is 1.69 bits per heavy atom. The van der Waals surface area contributed by atoms with E-state index in [9.17, 15) is 31.9 Å². The molecule has 5 heterocycles. The molecule has 0 bridgehead atoms. The second-order valence-corrected chi connectivity index (χ2v) is 14.8. The number of hydrogen-bond acceptors (Lipinski definition) is 10. The lowest BCUT2D eigenvalue weighted by Gasteiger charge is -2.40. The highest BCUT2D eigenvalue weighted by atomic mass is 19.4. The number of carbonyl (C=O) groups excluding carboxylic acids is 3. The van der Waals surface area contributed by atoms with Crippen molar-refractivity contribution in [1.29, 1.82) is 0 Å². The van der Waals surface area contributed by atoms with Crippen LogP contribution in [-0.4, -0.2) is 88.7 Å². The zero-order valence-corrected chi connectivity index (χ0v) is 29.3. The first-order valence-electron chi connectivity index (χ1n) is 16.6. The summed E-state index contributed by atoms with van der Waals surface area (Å²) in [5.74, 6) is -2.88. The summed E-state index contributed by atoms with van der Waals surface area (Å²) in [6.45, 7) is 10.7. The maximum Gasteiger partial charge on any atom is 0.414 e. The van der Waals surface area contributed by atoms with Crippen molar-refractivity contribution in [3.05, 3.63) is 41.9 Å². The molecule has 13 nitrogen and oxygen atoms in total. The smallest absolute Gasteiger partial charge is 0.414 e. The van der Waals surface area contributed by atoms with Crippen molar-refractivity contribution in [3.63, 3.8) is 0 Å². The molecule has 3 amide bonds. The van der Waals surface area contributed by atoms with Crippen LogP contribution in [0.1, 0.15) is 70.3 Å². The van der Waals surface area contributed by atoms with Gasteiger partial charge in [-0.2, -0.15) is 13.2 Å². The molecule has 278 valence electrons. The Kier molecular flexibility index (Phi) is 10.7. The van der Waals surface area contributed by atoms with Gasteiger partial charge in [0.15, 0.2) is 5.58 Å². The van der Waals surface area contributed by atoms with Gasteiger partial charge in [-0.05, 0) is 72.1 Å². The minimum absolute atomic E-state index is 0.0245. The predicted molar refractivity (Wildman–Crippen MR) is 180 cm³/mol. The first-order valence-corrected chi connectivity index (χ1v) is 16.6. The van der Waals surface area contributed by atoms with Crippen LogP contribution in [0.4, 0.5) is 44.4 Å². The second-order valence-electron chi connectivity index (χ2n) is 14.8. The van der Waals surface area contributed by atoms with Crippen LogP contribution in [0.15, 0.2) is 35.1 Å². The van der Waals surface area contributed by atoms with Gasteiger partial charge in [0.2, 0.25) is 5.88 Å². The van der Waals surface area contributed by atoms with Crippen LogP contribution >= 0.6 is 0 Å². The normalized spacial score (nSPS) is 20.3. The number of nitrogens with zero attached hydrogens (tertiary/aromatic N) is 4. The van der Waals surface area contributed by atoms with Gasteiger partial charge < -0.3 is 29.4 Å². The number of rotatable bonds is 7. The molecule has 0 spiro atoms. The molecule has 3 atom stereocenters. The molecule has 0 radical (unpaired) electrons. The Labute approximate surface area is 292 Å². The zero-order valence-electron chi connectivity index (χ0n) is 29.3. The number of aromatic nitrogens is 2. The summed E-state index contributed by atoms with van der Waals surface area (Å²) in [7, 11) is 0. The maximum atomic E-state index is 14.1. The summed E-state index contributed by atoms with van der Waals surface area (Å²) < 4.78 is 72.7. The average molecular weight is 722 g/mol. The van der Waals surface area contributed by atoms with Crippen molar-refractivity contribution < 1.29 is 45.8 Å². The highest BCUT2D eigenvalue weighted by molar-refractivity contribution is 6.16. The number of piperidine rings is 1. The van der Waals surface area contributed by atoms with Gasteiger partial charge in [-0.25, -0.2) is 14.0 Å². The van der Waals surface area contributed by atoms with E-state index >= 15 is 0 Å². The average Bonchev–Trinajstić information content (AvgIpc) is 3.56. The van der Waals surface area contributed by atoms with E-state index in [0.717, 1.165) is 0 Å². The number of carbonyl (C=O) groups is 3. The third-order valence-corrected chi connectivity index (χ3v) is 8.07. The molecule has 2 aliphatic heterocycles. The van der Waals surface area contributed by atoms with Gasteiger partial charge in [0.25, 0.3) is 5.91 Å². The lowest BCUT2D eigenvalue weighted by atomic mass is 9.93. The van der Waals surface area contributed by atoms with Gasteiger partial charge in [0.05, 0.1) is 29.5 Å². The van der Waals surface area contributed by atoms with E-state index in [0.29, 0.717) is 25.1 Å². The van der Waals surface area contributed by atoms with Crippen LogP contribution in [-0.2, 0) is 16.0 Å². The third-order valence-electron chi connectivity index (χ3n) is 8.07. The highest BCUT2D eigenvalue weighted by Gasteiger charge is 2.45.